The summed E-state index contributed by atoms with van der Waals surface area (Å²) in [7, 11) is 5.23. The van der Waals surface area contributed by atoms with Gasteiger partial charge in [0.2, 0.25) is 0 Å². The van der Waals surface area contributed by atoms with E-state index < -0.39 is 0 Å². The van der Waals surface area contributed by atoms with Gasteiger partial charge < -0.3 is 117 Å². The molecule has 3 aliphatic rings. The van der Waals surface area contributed by atoms with Gasteiger partial charge in [0.15, 0.2) is 51.1 Å². The normalized spacial score (nSPS) is 15.1. The van der Waals surface area contributed by atoms with Crippen molar-refractivity contribution in [1.82, 2.24) is 103 Å². The monoisotopic (exact) mass is 1060 g/mol. The predicted molar refractivity (Wildman–Crippen MR) is 283 cm³/mol. The van der Waals surface area contributed by atoms with Crippen LogP contribution < -0.4 is 58.5 Å². The van der Waals surface area contributed by atoms with Crippen LogP contribution in [0.25, 0.3) is 0 Å². The summed E-state index contributed by atoms with van der Waals surface area (Å²) in [5.74, 6) is 0. The molecule has 12 N–H and O–H groups in total. The molecule has 0 unspecified atom stereocenters. The summed E-state index contributed by atoms with van der Waals surface area (Å²) in [6, 6.07) is 0. The topological polar surface area (TPSA) is 200 Å². The van der Waals surface area contributed by atoms with E-state index in [1.54, 1.807) is 21.1 Å². The maximum absolute atomic E-state index is 9.32. The molecular weight excluding hydrogens is 1010 g/mol. The van der Waals surface area contributed by atoms with Crippen LogP contribution in [0.4, 0.5) is 0 Å². The molecule has 3 saturated heterocycles. The third-order valence-electron chi connectivity index (χ3n) is 8.66. The molecule has 0 atom stereocenters. The summed E-state index contributed by atoms with van der Waals surface area (Å²) in [4.78, 5) is 17.1. The first-order chi connectivity index (χ1) is 30.1. The first-order valence-electron chi connectivity index (χ1n) is 19.0. The molecule has 0 radical (unpaired) electrons. The summed E-state index contributed by atoms with van der Waals surface area (Å²) in [5.41, 5.74) is 0. The van der Waals surface area contributed by atoms with Crippen LogP contribution in [0.15, 0.2) is 0 Å². The molecule has 354 valence electrons. The Balaban J connectivity index is 1.57. The zero-order chi connectivity index (χ0) is 46.5. The van der Waals surface area contributed by atoms with Crippen molar-refractivity contribution in [3.8, 4) is 0 Å². The summed E-state index contributed by atoms with van der Waals surface area (Å²) >= 11 is 56.0. The Kier molecular flexibility index (Phi) is 24.6. The minimum Gasteiger partial charge on any atom is -0.377 e. The molecular formula is C30H56N20O3S10. The highest BCUT2D eigenvalue weighted by atomic mass is 32.1. The second kappa shape index (κ2) is 28.6. The molecule has 0 aromatic carbocycles. The van der Waals surface area contributed by atoms with Crippen LogP contribution in [0.3, 0.4) is 0 Å². The average Bonchev–Trinajstić information content (AvgIpc) is 3.29. The number of nitrogens with zero attached hydrogens (tertiary/aromatic N) is 9. The van der Waals surface area contributed by atoms with Crippen molar-refractivity contribution in [2.45, 2.75) is 6.92 Å². The van der Waals surface area contributed by atoms with Crippen molar-refractivity contribution in [3.63, 3.8) is 0 Å². The molecule has 63 heavy (non-hydrogen) atoms. The van der Waals surface area contributed by atoms with Crippen molar-refractivity contribution < 1.29 is 14.6 Å². The van der Waals surface area contributed by atoms with Crippen molar-refractivity contribution in [2.75, 3.05) is 128 Å². The van der Waals surface area contributed by atoms with Gasteiger partial charge in [-0.1, -0.05) is 0 Å². The molecule has 0 saturated carbocycles. The lowest BCUT2D eigenvalue weighted by Gasteiger charge is -2.45. The Morgan fingerprint density at radius 2 is 0.651 bits per heavy atom. The van der Waals surface area contributed by atoms with Gasteiger partial charge in [-0.05, 0) is 129 Å². The first-order valence-corrected chi connectivity index (χ1v) is 23.1. The van der Waals surface area contributed by atoms with Gasteiger partial charge >= 0.3 is 0 Å². The number of nitrogens with one attached hydrogen (secondary N) is 11. The Morgan fingerprint density at radius 3 is 0.937 bits per heavy atom. The number of thiocarbonyl (C=S) groups is 10. The Hall–Kier alpha value is -3.22. The fraction of sp³-hybridized carbons (Fsp3) is 0.667. The minimum absolute atomic E-state index is 0.0588. The van der Waals surface area contributed by atoms with E-state index in [1.807, 2.05) is 51.0 Å². The molecule has 3 aliphatic heterocycles. The molecule has 23 nitrogen and oxygen atoms in total. The van der Waals surface area contributed by atoms with Gasteiger partial charge in [0.25, 0.3) is 0 Å². The number of aliphatic hydroxyl groups excluding tert-OH is 1. The van der Waals surface area contributed by atoms with Crippen LogP contribution in [-0.4, -0.2) is 228 Å². The van der Waals surface area contributed by atoms with E-state index in [0.717, 1.165) is 0 Å². The van der Waals surface area contributed by atoms with Crippen LogP contribution in [0.2, 0.25) is 0 Å². The lowest BCUT2D eigenvalue weighted by atomic mass is 10.5. The summed E-state index contributed by atoms with van der Waals surface area (Å²) in [5, 5.41) is 47.5. The van der Waals surface area contributed by atoms with Crippen LogP contribution >= 0.6 is 122 Å². The highest BCUT2D eigenvalue weighted by Gasteiger charge is 2.31. The van der Waals surface area contributed by atoms with Gasteiger partial charge in [0.1, 0.15) is 33.7 Å². The predicted octanol–water partition coefficient (Wildman–Crippen LogP) is -3.62. The fourth-order valence-corrected chi connectivity index (χ4v) is 7.20. The van der Waals surface area contributed by atoms with Gasteiger partial charge in [-0.3, -0.25) is 0 Å². The zero-order valence-corrected chi connectivity index (χ0v) is 43.3. The first kappa shape index (κ1) is 54.1. The summed E-state index contributed by atoms with van der Waals surface area (Å²) in [6.07, 6.45) is 0. The largest absolute Gasteiger partial charge is 0.377 e. The third kappa shape index (κ3) is 17.9. The van der Waals surface area contributed by atoms with Gasteiger partial charge in [-0.15, -0.1) is 0 Å². The van der Waals surface area contributed by atoms with Crippen molar-refractivity contribution in [3.05, 3.63) is 0 Å². The molecule has 3 rings (SSSR count). The molecule has 0 aromatic rings. The standard InChI is InChI=1S/C30H56N20O3S10/c1-5-34-24(57)44-12-42(22(55)32-3)13-45(16-44)25(58)35-6-36-26(59)46-17-49(29(62)39-9-52-8-38-21(54)31-2)20-50(18-46)30(63)41-11-53-10-40-28(61)48-15-43(23(56)33-4)14-47(19-48)27(60)37-7-51/h51H,5-20H2,1-4H3,(H,32,55)(H,33,56)(H,34,57)(H,35,58)(H,36,59)(H,37,60)(H,39,62)(H,40,61)(H,41,63)(H2,31,38,54). The van der Waals surface area contributed by atoms with E-state index >= 15 is 0 Å². The second-order valence-electron chi connectivity index (χ2n) is 13.0. The van der Waals surface area contributed by atoms with Gasteiger partial charge in [-0.2, -0.15) is 0 Å². The molecule has 0 spiro atoms. The molecule has 0 amide bonds. The van der Waals surface area contributed by atoms with E-state index in [0.29, 0.717) is 118 Å². The van der Waals surface area contributed by atoms with Crippen LogP contribution in [0.1, 0.15) is 6.92 Å². The van der Waals surface area contributed by atoms with Crippen molar-refractivity contribution in [2.24, 2.45) is 0 Å². The zero-order valence-electron chi connectivity index (χ0n) is 35.2. The van der Waals surface area contributed by atoms with Crippen molar-refractivity contribution in [1.29, 1.82) is 0 Å². The Morgan fingerprint density at radius 1 is 0.381 bits per heavy atom. The van der Waals surface area contributed by atoms with E-state index in [1.165, 1.54) is 0 Å². The molecule has 3 heterocycles. The fourth-order valence-electron chi connectivity index (χ4n) is 5.57. The maximum Gasteiger partial charge on any atom is 0.173 e. The van der Waals surface area contributed by atoms with E-state index in [4.69, 9.17) is 132 Å². The second-order valence-corrected chi connectivity index (χ2v) is 16.9. The van der Waals surface area contributed by atoms with Gasteiger partial charge in [0.05, 0.1) is 66.7 Å². The van der Waals surface area contributed by atoms with Gasteiger partial charge in [0, 0.05) is 27.7 Å². The lowest BCUT2D eigenvalue weighted by Crippen LogP contribution is -2.65. The molecule has 3 fully saturated rings. The number of ether oxygens (including phenoxy) is 2. The van der Waals surface area contributed by atoms with Crippen LogP contribution in [-0.2, 0) is 9.47 Å². The van der Waals surface area contributed by atoms with Crippen LogP contribution in [0.5, 0.6) is 0 Å². The SMILES string of the molecule is CCNC(=S)N1CN(C(=S)NC)CN(C(=S)NCNC(=S)N2CN(C(=S)NCOCNC(=S)NC)CN(C(=S)NCOCNC(=S)N3CN(C(=S)NC)CN(C(=S)NCO)C3)C2)C1. The van der Waals surface area contributed by atoms with Gasteiger partial charge in [-0.25, -0.2) is 0 Å². The van der Waals surface area contributed by atoms with E-state index in [9.17, 15) is 5.11 Å². The number of hydrogen-bond donors (Lipinski definition) is 12. The molecule has 33 heteroatoms. The highest BCUT2D eigenvalue weighted by molar-refractivity contribution is 7.82. The molecule has 0 aromatic heterocycles. The summed E-state index contributed by atoms with van der Waals surface area (Å²) < 4.78 is 11.4. The third-order valence-corrected chi connectivity index (χ3v) is 12.8. The Bertz CT molecular complexity index is 1660. The Labute approximate surface area is 422 Å². The lowest BCUT2D eigenvalue weighted by molar-refractivity contribution is 0.0792. The highest BCUT2D eigenvalue weighted by Crippen LogP contribution is 2.12. The molecule has 0 bridgehead atoms. The van der Waals surface area contributed by atoms with Crippen LogP contribution in [0, 0.1) is 0 Å². The maximum atomic E-state index is 9.32. The average molecular weight is 1070 g/mol. The van der Waals surface area contributed by atoms with Crippen molar-refractivity contribution >= 4 is 173 Å². The number of hydrogen-bond acceptors (Lipinski definition) is 13. The smallest absolute Gasteiger partial charge is 0.173 e. The van der Waals surface area contributed by atoms with E-state index in [-0.39, 0.29) is 40.3 Å². The number of aliphatic hydroxyl groups is 1. The minimum atomic E-state index is -0.301. The molecule has 0 aliphatic carbocycles. The number of rotatable bonds is 12. The van der Waals surface area contributed by atoms with E-state index in [2.05, 4.69) is 58.5 Å². The summed E-state index contributed by atoms with van der Waals surface area (Å²) in [6.45, 7) is 6.65. The quantitative estimate of drug-likeness (QED) is 0.0520.